The van der Waals surface area contributed by atoms with Crippen molar-refractivity contribution in [3.05, 3.63) is 48.6 Å². The summed E-state index contributed by atoms with van der Waals surface area (Å²) in [5, 5.41) is 23.3. The van der Waals surface area contributed by atoms with Crippen LogP contribution in [0.1, 0.15) is 12.5 Å². The fourth-order valence-electron chi connectivity index (χ4n) is 2.71. The molecule has 5 atom stereocenters. The molecular formula is C18H25NO6. The van der Waals surface area contributed by atoms with Gasteiger partial charge in [-0.15, -0.1) is 6.58 Å². The molecule has 138 valence electrons. The van der Waals surface area contributed by atoms with Gasteiger partial charge < -0.3 is 29.7 Å². The summed E-state index contributed by atoms with van der Waals surface area (Å²) in [6, 6.07) is 8.71. The van der Waals surface area contributed by atoms with E-state index in [1.54, 1.807) is 0 Å². The lowest BCUT2D eigenvalue weighted by atomic mass is 9.96. The molecular weight excluding hydrogens is 326 g/mol. The Morgan fingerprint density at radius 1 is 1.36 bits per heavy atom. The maximum absolute atomic E-state index is 11.3. The van der Waals surface area contributed by atoms with Gasteiger partial charge in [-0.3, -0.25) is 4.79 Å². The van der Waals surface area contributed by atoms with Crippen LogP contribution in [-0.2, 0) is 25.6 Å². The van der Waals surface area contributed by atoms with Gasteiger partial charge >= 0.3 is 0 Å². The van der Waals surface area contributed by atoms with Gasteiger partial charge in [0.2, 0.25) is 5.91 Å². The highest BCUT2D eigenvalue weighted by atomic mass is 16.6. The lowest BCUT2D eigenvalue weighted by Gasteiger charge is -2.42. The molecule has 1 aromatic rings. The standard InChI is InChI=1S/C18H25NO6/c1-3-9-24-17-15(19-12(2)20)18(22)25-14(16(17)21)11-23-10-13-7-5-4-6-8-13/h3-8,14-18,21-22H,1,9-11H2,2H3,(H,19,20)/t14-,15-,16-,17-,18-/m1/s1. The van der Waals surface area contributed by atoms with Crippen molar-refractivity contribution in [1.82, 2.24) is 5.32 Å². The van der Waals surface area contributed by atoms with Crippen LogP contribution in [0.3, 0.4) is 0 Å². The summed E-state index contributed by atoms with van der Waals surface area (Å²) in [5.74, 6) is -0.356. The molecule has 0 radical (unpaired) electrons. The first-order chi connectivity index (χ1) is 12.0. The normalized spacial score (nSPS) is 29.2. The Bertz CT molecular complexity index is 552. The van der Waals surface area contributed by atoms with Gasteiger partial charge in [-0.1, -0.05) is 36.4 Å². The number of aliphatic hydroxyl groups excluding tert-OH is 2. The second-order valence-corrected chi connectivity index (χ2v) is 5.87. The van der Waals surface area contributed by atoms with Crippen LogP contribution in [0.15, 0.2) is 43.0 Å². The highest BCUT2D eigenvalue weighted by molar-refractivity contribution is 5.73. The molecule has 0 aromatic heterocycles. The van der Waals surface area contributed by atoms with Crippen molar-refractivity contribution in [2.24, 2.45) is 0 Å². The van der Waals surface area contributed by atoms with E-state index in [9.17, 15) is 15.0 Å². The third kappa shape index (κ3) is 5.62. The van der Waals surface area contributed by atoms with E-state index in [0.29, 0.717) is 6.61 Å². The monoisotopic (exact) mass is 351 g/mol. The van der Waals surface area contributed by atoms with Crippen LogP contribution in [0, 0.1) is 0 Å². The van der Waals surface area contributed by atoms with E-state index in [0.717, 1.165) is 5.56 Å². The zero-order chi connectivity index (χ0) is 18.2. The highest BCUT2D eigenvalue weighted by Gasteiger charge is 2.45. The SMILES string of the molecule is C=CCO[C@H]1[C@H](O)[C@@H](COCc2ccccc2)O[C@@H](O)[C@@H]1NC(C)=O. The van der Waals surface area contributed by atoms with Crippen LogP contribution in [0.4, 0.5) is 0 Å². The molecule has 1 heterocycles. The predicted octanol–water partition coefficient (Wildman–Crippen LogP) is 0.357. The third-order valence-electron chi connectivity index (χ3n) is 3.86. The number of nitrogens with one attached hydrogen (secondary N) is 1. The number of ether oxygens (including phenoxy) is 3. The average Bonchev–Trinajstić information content (AvgIpc) is 2.59. The Labute approximate surface area is 147 Å². The molecule has 0 unspecified atom stereocenters. The summed E-state index contributed by atoms with van der Waals surface area (Å²) < 4.78 is 16.6. The Kier molecular flexibility index (Phi) is 7.54. The van der Waals surface area contributed by atoms with E-state index in [4.69, 9.17) is 14.2 Å². The van der Waals surface area contributed by atoms with Gasteiger partial charge in [0.25, 0.3) is 0 Å². The Hall–Kier alpha value is -1.77. The number of hydrogen-bond acceptors (Lipinski definition) is 6. The fourth-order valence-corrected chi connectivity index (χ4v) is 2.71. The van der Waals surface area contributed by atoms with Crippen molar-refractivity contribution in [2.45, 2.75) is 44.2 Å². The van der Waals surface area contributed by atoms with E-state index < -0.39 is 30.6 Å². The number of carbonyl (C=O) groups is 1. The van der Waals surface area contributed by atoms with Crippen molar-refractivity contribution in [2.75, 3.05) is 13.2 Å². The molecule has 1 fully saturated rings. The summed E-state index contributed by atoms with van der Waals surface area (Å²) in [6.07, 6.45) is -2.47. The summed E-state index contributed by atoms with van der Waals surface area (Å²) in [4.78, 5) is 11.3. The zero-order valence-corrected chi connectivity index (χ0v) is 14.2. The van der Waals surface area contributed by atoms with Gasteiger partial charge in [0.1, 0.15) is 24.4 Å². The van der Waals surface area contributed by atoms with E-state index >= 15 is 0 Å². The first kappa shape index (κ1) is 19.6. The summed E-state index contributed by atoms with van der Waals surface area (Å²) in [6.45, 7) is 5.49. The smallest absolute Gasteiger partial charge is 0.217 e. The van der Waals surface area contributed by atoms with E-state index in [-0.39, 0.29) is 19.1 Å². The van der Waals surface area contributed by atoms with Crippen LogP contribution in [0.5, 0.6) is 0 Å². The molecule has 3 N–H and O–H groups in total. The Balaban J connectivity index is 1.97. The fraction of sp³-hybridized carbons (Fsp3) is 0.500. The van der Waals surface area contributed by atoms with E-state index in [1.165, 1.54) is 13.0 Å². The minimum absolute atomic E-state index is 0.0772. The first-order valence-electron chi connectivity index (χ1n) is 8.15. The molecule has 1 saturated heterocycles. The van der Waals surface area contributed by atoms with Gasteiger partial charge in [0.15, 0.2) is 6.29 Å². The lowest BCUT2D eigenvalue weighted by Crippen LogP contribution is -2.64. The Morgan fingerprint density at radius 2 is 2.08 bits per heavy atom. The van der Waals surface area contributed by atoms with Crippen LogP contribution in [0.25, 0.3) is 0 Å². The molecule has 1 aromatic carbocycles. The molecule has 7 heteroatoms. The van der Waals surface area contributed by atoms with Gasteiger partial charge in [-0.2, -0.15) is 0 Å². The highest BCUT2D eigenvalue weighted by Crippen LogP contribution is 2.23. The molecule has 2 rings (SSSR count). The number of aliphatic hydroxyl groups is 2. The second kappa shape index (κ2) is 9.65. The van der Waals surface area contributed by atoms with Crippen molar-refractivity contribution < 1.29 is 29.2 Å². The minimum atomic E-state index is -1.31. The van der Waals surface area contributed by atoms with Crippen LogP contribution < -0.4 is 5.32 Å². The third-order valence-corrected chi connectivity index (χ3v) is 3.86. The van der Waals surface area contributed by atoms with Crippen molar-refractivity contribution in [3.8, 4) is 0 Å². The van der Waals surface area contributed by atoms with Crippen LogP contribution in [-0.4, -0.2) is 60.0 Å². The van der Waals surface area contributed by atoms with Gasteiger partial charge in [0.05, 0.1) is 19.8 Å². The van der Waals surface area contributed by atoms with Gasteiger partial charge in [0, 0.05) is 6.92 Å². The number of rotatable bonds is 8. The topological polar surface area (TPSA) is 97.2 Å². The van der Waals surface area contributed by atoms with Crippen LogP contribution in [0.2, 0.25) is 0 Å². The Morgan fingerprint density at radius 3 is 2.72 bits per heavy atom. The van der Waals surface area contributed by atoms with Crippen LogP contribution >= 0.6 is 0 Å². The number of amides is 1. The maximum atomic E-state index is 11.3. The number of benzene rings is 1. The predicted molar refractivity (Wildman–Crippen MR) is 90.5 cm³/mol. The lowest BCUT2D eigenvalue weighted by molar-refractivity contribution is -0.263. The molecule has 1 amide bonds. The second-order valence-electron chi connectivity index (χ2n) is 5.87. The van der Waals surface area contributed by atoms with Crippen molar-refractivity contribution in [3.63, 3.8) is 0 Å². The van der Waals surface area contributed by atoms with Crippen molar-refractivity contribution >= 4 is 5.91 Å². The van der Waals surface area contributed by atoms with Gasteiger partial charge in [-0.25, -0.2) is 0 Å². The van der Waals surface area contributed by atoms with E-state index in [2.05, 4.69) is 11.9 Å². The average molecular weight is 351 g/mol. The van der Waals surface area contributed by atoms with Crippen molar-refractivity contribution in [1.29, 1.82) is 0 Å². The molecule has 1 aliphatic rings. The summed E-state index contributed by atoms with van der Waals surface area (Å²) >= 11 is 0. The maximum Gasteiger partial charge on any atom is 0.217 e. The molecule has 0 bridgehead atoms. The number of hydrogen-bond donors (Lipinski definition) is 3. The molecule has 0 aliphatic carbocycles. The zero-order valence-electron chi connectivity index (χ0n) is 14.2. The first-order valence-corrected chi connectivity index (χ1v) is 8.15. The molecule has 7 nitrogen and oxygen atoms in total. The van der Waals surface area contributed by atoms with Gasteiger partial charge in [-0.05, 0) is 5.56 Å². The quantitative estimate of drug-likeness (QED) is 0.585. The molecule has 25 heavy (non-hydrogen) atoms. The minimum Gasteiger partial charge on any atom is -0.388 e. The molecule has 1 aliphatic heterocycles. The summed E-state index contributed by atoms with van der Waals surface area (Å²) in [5.41, 5.74) is 0.990. The number of carbonyl (C=O) groups excluding carboxylic acids is 1. The molecule has 0 saturated carbocycles. The summed E-state index contributed by atoms with van der Waals surface area (Å²) in [7, 11) is 0. The van der Waals surface area contributed by atoms with E-state index in [1.807, 2.05) is 30.3 Å². The largest absolute Gasteiger partial charge is 0.388 e. The molecule has 0 spiro atoms.